The molecular formula is C78H110ClN13O26. The number of ether oxygens (including phenoxy) is 5. The van der Waals surface area contributed by atoms with Gasteiger partial charge in [-0.25, -0.2) is 19.2 Å². The van der Waals surface area contributed by atoms with E-state index in [1.165, 1.54) is 6.92 Å². The molecule has 1 aliphatic rings. The van der Waals surface area contributed by atoms with Crippen LogP contribution >= 0.6 is 11.6 Å². The molecule has 4 rings (SSSR count). The van der Waals surface area contributed by atoms with E-state index in [1.807, 2.05) is 5.32 Å². The van der Waals surface area contributed by atoms with E-state index in [9.17, 15) is 97.5 Å². The van der Waals surface area contributed by atoms with Crippen LogP contribution in [0.2, 0.25) is 0 Å². The number of amides is 13. The van der Waals surface area contributed by atoms with E-state index >= 15 is 4.79 Å². The number of aliphatic carboxylic acids is 1. The number of rotatable bonds is 39. The Balaban J connectivity index is 1.92. The fraction of sp³-hybridized carbons (Fsp3) is 0.538. The molecular weight excluding hydrogens is 1570 g/mol. The normalized spacial score (nSPS) is 20.3. The summed E-state index contributed by atoms with van der Waals surface area (Å²) >= 11 is 6.03. The van der Waals surface area contributed by atoms with Crippen molar-refractivity contribution in [3.63, 3.8) is 0 Å². The van der Waals surface area contributed by atoms with Gasteiger partial charge in [0.15, 0.2) is 12.1 Å². The highest BCUT2D eigenvalue weighted by molar-refractivity contribution is 6.18. The number of alkyl carbamates (subject to hydrolysis) is 3. The van der Waals surface area contributed by atoms with Crippen LogP contribution in [0, 0.1) is 0 Å². The molecule has 0 radical (unpaired) electrons. The first-order chi connectivity index (χ1) is 56.5. The molecule has 0 aromatic heterocycles. The van der Waals surface area contributed by atoms with Gasteiger partial charge in [-0.1, -0.05) is 162 Å². The topological polar surface area (TPSA) is 577 Å². The van der Waals surface area contributed by atoms with Crippen molar-refractivity contribution >= 4 is 107 Å². The lowest BCUT2D eigenvalue weighted by atomic mass is 10.0. The van der Waals surface area contributed by atoms with Crippen LogP contribution in [0.5, 0.6) is 0 Å². The molecule has 1 heterocycles. The van der Waals surface area contributed by atoms with Crippen LogP contribution in [0.1, 0.15) is 147 Å². The number of aliphatic hydroxyl groups excluding tert-OH is 4. The molecule has 0 bridgehead atoms. The second-order valence-corrected chi connectivity index (χ2v) is 27.7. The molecule has 650 valence electrons. The molecule has 6 unspecified atom stereocenters. The average molecular weight is 1680 g/mol. The number of halogens is 1. The first-order valence-corrected chi connectivity index (χ1v) is 39.2. The van der Waals surface area contributed by atoms with Gasteiger partial charge < -0.3 is 118 Å². The number of hydrogen-bond donors (Lipinski definition) is 18. The summed E-state index contributed by atoms with van der Waals surface area (Å²) in [4.78, 5) is 224. The van der Waals surface area contributed by atoms with E-state index in [4.69, 9.17) is 30.5 Å². The Morgan fingerprint density at radius 3 is 1.48 bits per heavy atom. The van der Waals surface area contributed by atoms with Crippen molar-refractivity contribution in [3.8, 4) is 0 Å². The zero-order valence-corrected chi connectivity index (χ0v) is 67.0. The number of benzene rings is 3. The maximum atomic E-state index is 15.0. The van der Waals surface area contributed by atoms with Gasteiger partial charge >= 0.3 is 36.2 Å². The molecule has 1 saturated heterocycles. The molecule has 40 heteroatoms. The van der Waals surface area contributed by atoms with Crippen molar-refractivity contribution in [1.29, 1.82) is 0 Å². The van der Waals surface area contributed by atoms with Gasteiger partial charge in [-0.15, -0.1) is 11.6 Å². The molecule has 13 amide bonds. The van der Waals surface area contributed by atoms with Crippen molar-refractivity contribution in [1.82, 2.24) is 69.1 Å². The Morgan fingerprint density at radius 1 is 0.534 bits per heavy atom. The summed E-state index contributed by atoms with van der Waals surface area (Å²) in [5.41, 5.74) is 0.973. The molecule has 0 spiro atoms. The fourth-order valence-corrected chi connectivity index (χ4v) is 11.5. The van der Waals surface area contributed by atoms with Crippen LogP contribution in [-0.2, 0) is 106 Å². The van der Waals surface area contributed by atoms with Crippen molar-refractivity contribution in [2.45, 2.75) is 222 Å². The number of carbonyl (C=O) groups is 16. The Labute approximate surface area is 686 Å². The Kier molecular flexibility index (Phi) is 46.2. The molecule has 0 saturated carbocycles. The molecule has 12 atom stereocenters. The van der Waals surface area contributed by atoms with Gasteiger partial charge in [0.05, 0.1) is 44.1 Å². The smallest absolute Gasteiger partial charge is 0.407 e. The zero-order chi connectivity index (χ0) is 86.9. The number of carboxylic acids is 1. The van der Waals surface area contributed by atoms with Crippen molar-refractivity contribution < 1.29 is 126 Å². The van der Waals surface area contributed by atoms with Gasteiger partial charge in [0.1, 0.15) is 81.0 Å². The third kappa shape index (κ3) is 38.5. The van der Waals surface area contributed by atoms with E-state index in [1.54, 1.807) is 91.0 Å². The number of cyclic esters (lactones) is 1. The van der Waals surface area contributed by atoms with E-state index in [2.05, 4.69) is 75.5 Å². The fourth-order valence-electron chi connectivity index (χ4n) is 11.4. The van der Waals surface area contributed by atoms with Gasteiger partial charge in [-0.2, -0.15) is 0 Å². The highest BCUT2D eigenvalue weighted by Crippen LogP contribution is 2.16. The minimum Gasteiger partial charge on any atom is -0.481 e. The Hall–Kier alpha value is -11.6. The molecule has 0 aliphatic carbocycles. The molecule has 118 heavy (non-hydrogen) atoms. The monoisotopic (exact) mass is 1680 g/mol. The van der Waals surface area contributed by atoms with E-state index in [-0.39, 0.29) is 45.6 Å². The molecule has 1 aliphatic heterocycles. The first-order valence-electron chi connectivity index (χ1n) is 38.7. The summed E-state index contributed by atoms with van der Waals surface area (Å²) in [5, 5.41) is 84.8. The Morgan fingerprint density at radius 2 is 0.992 bits per heavy atom. The van der Waals surface area contributed by atoms with Crippen molar-refractivity contribution in [3.05, 3.63) is 119 Å². The zero-order valence-electron chi connectivity index (χ0n) is 66.2. The number of carboxylic acid groups (broad SMARTS) is 1. The third-order valence-electron chi connectivity index (χ3n) is 18.0. The number of unbranched alkanes of at least 4 members (excludes halogenated alkanes) is 9. The predicted molar refractivity (Wildman–Crippen MR) is 419 cm³/mol. The highest BCUT2D eigenvalue weighted by atomic mass is 35.5. The van der Waals surface area contributed by atoms with Crippen molar-refractivity contribution in [2.75, 3.05) is 45.8 Å². The summed E-state index contributed by atoms with van der Waals surface area (Å²) < 4.78 is 25.9. The lowest BCUT2D eigenvalue weighted by Crippen LogP contribution is -2.64. The second-order valence-electron chi connectivity index (χ2n) is 27.4. The van der Waals surface area contributed by atoms with Gasteiger partial charge in [0.2, 0.25) is 47.3 Å². The van der Waals surface area contributed by atoms with Gasteiger partial charge in [-0.3, -0.25) is 57.5 Å². The van der Waals surface area contributed by atoms with E-state index in [0.29, 0.717) is 29.5 Å². The number of carbonyl (C=O) groups excluding carboxylic acids is 15. The number of esters is 2. The van der Waals surface area contributed by atoms with Gasteiger partial charge in [0.25, 0.3) is 11.8 Å². The average Bonchev–Trinajstić information content (AvgIpc) is 0.832. The van der Waals surface area contributed by atoms with Crippen LogP contribution in [-0.4, -0.2) is 239 Å². The summed E-state index contributed by atoms with van der Waals surface area (Å²) in [6, 6.07) is 7.56. The third-order valence-corrected chi connectivity index (χ3v) is 18.3. The van der Waals surface area contributed by atoms with Gasteiger partial charge in [-0.05, 0) is 69.1 Å². The van der Waals surface area contributed by atoms with Crippen molar-refractivity contribution in [2.24, 2.45) is 0 Å². The van der Waals surface area contributed by atoms with Crippen LogP contribution in [0.4, 0.5) is 14.4 Å². The molecule has 3 aromatic rings. The number of methoxy groups -OCH3 is 1. The summed E-state index contributed by atoms with van der Waals surface area (Å²) in [5.74, 6) is -19.7. The van der Waals surface area contributed by atoms with Crippen LogP contribution in [0.3, 0.4) is 0 Å². The molecule has 18 N–H and O–H groups in total. The quantitative estimate of drug-likeness (QED) is 0.0117. The predicted octanol–water partition coefficient (Wildman–Crippen LogP) is -0.0515. The minimum absolute atomic E-state index is 0.0526. The molecule has 39 nitrogen and oxygen atoms in total. The van der Waals surface area contributed by atoms with E-state index in [0.717, 1.165) is 65.1 Å². The number of allylic oxidation sites excluding steroid dienone is 1. The number of aliphatic hydroxyl groups is 4. The number of alkyl halides is 1. The highest BCUT2D eigenvalue weighted by Gasteiger charge is 2.41. The maximum Gasteiger partial charge on any atom is 0.407 e. The summed E-state index contributed by atoms with van der Waals surface area (Å²) in [7, 11) is 0.932. The van der Waals surface area contributed by atoms with E-state index < -0.39 is 238 Å². The molecule has 3 aromatic carbocycles. The summed E-state index contributed by atoms with van der Waals surface area (Å²) in [6.07, 6.45) is -5.91. The maximum absolute atomic E-state index is 15.0. The standard InChI is InChI=1S/C78H110ClN13O26/c1-5-7-8-9-10-11-12-13-23-32-51(94)39-59(96)84-57-46-115-75(110)63(58(95)41-79)91-66(101)52(6-2)85-72(107)62(47(3)93)90-69(104)55(35-38-82-78(113)118-45-50-30-21-16-22-31-50)88-73(108)64(65(100)74(109)83-42-61(99)114-4)92-68(103)53(33-24-25-36-80-76(111)116-43-48-26-17-14-18-27-48)86-70(105)56(40-60(97)98)89-67(102)54(87-71(57)106)34-37-81-77(112)117-44-49-28-19-15-20-29-49/h6,14-22,26-31,47,51,53-58,62-65,93-95,100H,5,7-13,23-25,32-46H2,1-4H3,(H,80,111)(H,81,112)(H,82,113)(H,83,109)(H,84,96)(H,85,107)(H,86,105)(H,87,106)(H,88,108)(H,89,102)(H,90,104)(H,91,101)(H,92,103)(H,97,98)/b52-6+/t47-,51+,53?,54?,55-,56-,57?,58+,62?,63?,64?,65-/m0/s1. The lowest BCUT2D eigenvalue weighted by Gasteiger charge is -2.29. The Bertz CT molecular complexity index is 3790. The van der Waals surface area contributed by atoms with Crippen LogP contribution in [0.15, 0.2) is 103 Å². The lowest BCUT2D eigenvalue weighted by molar-refractivity contribution is -0.153. The number of hydrogen-bond acceptors (Lipinski definition) is 25. The summed E-state index contributed by atoms with van der Waals surface area (Å²) in [6.45, 7) is 0.0563. The van der Waals surface area contributed by atoms with Crippen LogP contribution in [0.25, 0.3) is 0 Å². The van der Waals surface area contributed by atoms with Crippen LogP contribution < -0.4 is 69.1 Å². The largest absolute Gasteiger partial charge is 0.481 e. The first kappa shape index (κ1) is 98.8. The molecule has 1 fully saturated rings. The second kappa shape index (κ2) is 55.1. The van der Waals surface area contributed by atoms with Gasteiger partial charge in [0, 0.05) is 19.6 Å². The minimum atomic E-state index is -2.81. The number of nitrogens with one attached hydrogen (secondary N) is 13. The SMILES string of the molecule is C/C=C1/NC(=O)C([C@H](C)O)NC(=O)[C@H](CCNC(=O)OCc2ccccc2)NC(=O)C([C@H](O)C(=O)NCC(=O)OC)NC(=O)C(CCCCNC(=O)OCc2ccccc2)NC(=O)[C@H](CC(=O)O)NC(=O)C(CCNC(=O)OCc2ccccc2)NC(=O)C(NC(=O)C[C@H](O)CCCCCCCCCCC)COC(=O)C([C@H](O)CCl)NC1=O.